The number of esters is 1. The van der Waals surface area contributed by atoms with Crippen LogP contribution in [0.15, 0.2) is 40.8 Å². The van der Waals surface area contributed by atoms with Crippen LogP contribution in [0, 0.1) is 0 Å². The molecule has 5 nitrogen and oxygen atoms in total. The van der Waals surface area contributed by atoms with Crippen LogP contribution >= 0.6 is 11.6 Å². The Labute approximate surface area is 139 Å². The monoisotopic (exact) mass is 335 g/mol. The first-order valence-corrected chi connectivity index (χ1v) is 7.74. The van der Waals surface area contributed by atoms with Gasteiger partial charge in [-0.25, -0.2) is 4.79 Å². The van der Waals surface area contributed by atoms with Gasteiger partial charge < -0.3 is 14.5 Å². The Balaban J connectivity index is 2.04. The van der Waals surface area contributed by atoms with E-state index < -0.39 is 12.1 Å². The predicted molar refractivity (Wildman–Crippen MR) is 87.3 cm³/mol. The average Bonchev–Trinajstić information content (AvgIpc) is 3.02. The third kappa shape index (κ3) is 4.36. The van der Waals surface area contributed by atoms with Crippen LogP contribution in [0.25, 0.3) is 11.3 Å². The Kier molecular flexibility index (Phi) is 5.82. The molecule has 0 spiro atoms. The number of ether oxygens (including phenoxy) is 1. The van der Waals surface area contributed by atoms with Crippen LogP contribution in [0.1, 0.15) is 30.8 Å². The summed E-state index contributed by atoms with van der Waals surface area (Å²) in [7, 11) is 0. The molecule has 1 aromatic carbocycles. The van der Waals surface area contributed by atoms with Crippen LogP contribution in [0.5, 0.6) is 0 Å². The van der Waals surface area contributed by atoms with Crippen molar-refractivity contribution in [3.8, 4) is 11.3 Å². The number of carbonyl (C=O) groups excluding carboxylic acids is 2. The fourth-order valence-corrected chi connectivity index (χ4v) is 2.15. The van der Waals surface area contributed by atoms with Crippen LogP contribution in [0.2, 0.25) is 5.02 Å². The van der Waals surface area contributed by atoms with E-state index in [2.05, 4.69) is 5.32 Å². The number of furan rings is 1. The first kappa shape index (κ1) is 17.1. The zero-order valence-electron chi connectivity index (χ0n) is 13.0. The van der Waals surface area contributed by atoms with E-state index in [4.69, 9.17) is 20.8 Å². The zero-order valence-corrected chi connectivity index (χ0v) is 13.7. The van der Waals surface area contributed by atoms with Gasteiger partial charge in [0.1, 0.15) is 5.76 Å². The summed E-state index contributed by atoms with van der Waals surface area (Å²) in [5.41, 5.74) is 0.682. The highest BCUT2D eigenvalue weighted by atomic mass is 35.5. The molecule has 1 atom stereocenters. The van der Waals surface area contributed by atoms with E-state index in [-0.39, 0.29) is 11.7 Å². The van der Waals surface area contributed by atoms with Gasteiger partial charge in [-0.05, 0) is 37.6 Å². The summed E-state index contributed by atoms with van der Waals surface area (Å²) in [6.45, 7) is 4.00. The third-order valence-electron chi connectivity index (χ3n) is 3.15. The number of carbonyl (C=O) groups is 2. The second-order valence-electron chi connectivity index (χ2n) is 4.98. The number of hydrogen-bond acceptors (Lipinski definition) is 4. The second kappa shape index (κ2) is 7.83. The molecule has 0 aliphatic rings. The number of halogens is 1. The molecule has 1 amide bonds. The molecule has 2 rings (SSSR count). The van der Waals surface area contributed by atoms with Crippen molar-refractivity contribution < 1.29 is 18.7 Å². The van der Waals surface area contributed by atoms with Gasteiger partial charge in [-0.15, -0.1) is 0 Å². The van der Waals surface area contributed by atoms with E-state index in [0.717, 1.165) is 6.42 Å². The third-order valence-corrected chi connectivity index (χ3v) is 3.48. The van der Waals surface area contributed by atoms with Crippen molar-refractivity contribution in [3.05, 3.63) is 47.2 Å². The highest BCUT2D eigenvalue weighted by Gasteiger charge is 2.21. The number of hydrogen-bond donors (Lipinski definition) is 1. The van der Waals surface area contributed by atoms with Crippen LogP contribution < -0.4 is 5.32 Å². The number of nitrogens with one attached hydrogen (secondary N) is 1. The maximum absolute atomic E-state index is 12.0. The first-order valence-electron chi connectivity index (χ1n) is 7.36. The van der Waals surface area contributed by atoms with E-state index >= 15 is 0 Å². The number of amides is 1. The normalized spacial score (nSPS) is 11.8. The second-order valence-corrected chi connectivity index (χ2v) is 5.39. The van der Waals surface area contributed by atoms with Crippen LogP contribution in [0.3, 0.4) is 0 Å². The molecule has 0 aliphatic carbocycles. The molecular formula is C17H18ClNO4. The summed E-state index contributed by atoms with van der Waals surface area (Å²) in [5.74, 6) is -0.541. The van der Waals surface area contributed by atoms with Gasteiger partial charge in [-0.2, -0.15) is 0 Å². The van der Waals surface area contributed by atoms with Crippen LogP contribution in [-0.2, 0) is 9.53 Å². The van der Waals surface area contributed by atoms with Crippen molar-refractivity contribution in [2.24, 2.45) is 0 Å². The Morgan fingerprint density at radius 3 is 2.70 bits per heavy atom. The quantitative estimate of drug-likeness (QED) is 0.818. The van der Waals surface area contributed by atoms with E-state index in [1.807, 2.05) is 13.0 Å². The molecule has 1 N–H and O–H groups in total. The van der Waals surface area contributed by atoms with Crippen molar-refractivity contribution in [1.29, 1.82) is 0 Å². The summed E-state index contributed by atoms with van der Waals surface area (Å²) in [6, 6.07) is 10.3. The summed E-state index contributed by atoms with van der Waals surface area (Å²) in [4.78, 5) is 23.7. The van der Waals surface area contributed by atoms with Gasteiger partial charge in [0.15, 0.2) is 6.10 Å². The topological polar surface area (TPSA) is 68.5 Å². The Bertz CT molecular complexity index is 695. The van der Waals surface area contributed by atoms with Gasteiger partial charge >= 0.3 is 5.97 Å². The maximum atomic E-state index is 12.0. The van der Waals surface area contributed by atoms with Crippen molar-refractivity contribution in [3.63, 3.8) is 0 Å². The molecule has 0 fully saturated rings. The Morgan fingerprint density at radius 1 is 1.26 bits per heavy atom. The van der Waals surface area contributed by atoms with Gasteiger partial charge in [0.05, 0.1) is 5.02 Å². The van der Waals surface area contributed by atoms with Crippen molar-refractivity contribution in [2.45, 2.75) is 26.4 Å². The molecule has 1 heterocycles. The lowest BCUT2D eigenvalue weighted by atomic mass is 10.2. The van der Waals surface area contributed by atoms with E-state index in [1.165, 1.54) is 13.0 Å². The van der Waals surface area contributed by atoms with E-state index in [1.54, 1.807) is 24.3 Å². The van der Waals surface area contributed by atoms with Crippen molar-refractivity contribution in [2.75, 3.05) is 6.54 Å². The molecule has 0 bridgehead atoms. The summed E-state index contributed by atoms with van der Waals surface area (Å²) in [5, 5.41) is 3.19. The zero-order chi connectivity index (χ0) is 16.8. The first-order chi connectivity index (χ1) is 11.0. The smallest absolute Gasteiger partial charge is 0.375 e. The molecule has 0 saturated carbocycles. The standard InChI is InChI=1S/C17H18ClNO4/c1-3-10-19-16(20)11(2)22-17(21)15-9-8-14(23-15)12-6-4-5-7-13(12)18/h4-9,11H,3,10H2,1-2H3,(H,19,20)/t11-/m0/s1. The Hall–Kier alpha value is -2.27. The maximum Gasteiger partial charge on any atom is 0.375 e. The highest BCUT2D eigenvalue weighted by molar-refractivity contribution is 6.33. The largest absolute Gasteiger partial charge is 0.449 e. The minimum Gasteiger partial charge on any atom is -0.449 e. The number of rotatable bonds is 6. The Morgan fingerprint density at radius 2 is 2.00 bits per heavy atom. The molecule has 0 saturated heterocycles. The lowest BCUT2D eigenvalue weighted by Gasteiger charge is -2.12. The molecule has 0 radical (unpaired) electrons. The molecule has 2 aromatic rings. The van der Waals surface area contributed by atoms with Gasteiger partial charge in [0, 0.05) is 12.1 Å². The molecule has 23 heavy (non-hydrogen) atoms. The van der Waals surface area contributed by atoms with Crippen LogP contribution in [0.4, 0.5) is 0 Å². The summed E-state index contributed by atoms with van der Waals surface area (Å²) >= 11 is 6.09. The number of benzene rings is 1. The SMILES string of the molecule is CCCNC(=O)[C@H](C)OC(=O)c1ccc(-c2ccccc2Cl)o1. The van der Waals surface area contributed by atoms with Gasteiger partial charge in [0.25, 0.3) is 5.91 Å². The molecule has 0 unspecified atom stereocenters. The van der Waals surface area contributed by atoms with Gasteiger partial charge in [-0.1, -0.05) is 30.7 Å². The minimum absolute atomic E-state index is 0.0232. The van der Waals surface area contributed by atoms with Gasteiger partial charge in [0.2, 0.25) is 5.76 Å². The minimum atomic E-state index is -0.886. The molecule has 0 aliphatic heterocycles. The fraction of sp³-hybridized carbons (Fsp3) is 0.294. The molecule has 6 heteroatoms. The van der Waals surface area contributed by atoms with Crippen molar-refractivity contribution in [1.82, 2.24) is 5.32 Å². The summed E-state index contributed by atoms with van der Waals surface area (Å²) < 4.78 is 10.6. The lowest BCUT2D eigenvalue weighted by molar-refractivity contribution is -0.129. The summed E-state index contributed by atoms with van der Waals surface area (Å²) in [6.07, 6.45) is -0.0749. The van der Waals surface area contributed by atoms with Crippen LogP contribution in [-0.4, -0.2) is 24.5 Å². The molecule has 122 valence electrons. The van der Waals surface area contributed by atoms with Crippen molar-refractivity contribution >= 4 is 23.5 Å². The predicted octanol–water partition coefficient (Wildman–Crippen LogP) is 3.67. The van der Waals surface area contributed by atoms with E-state index in [9.17, 15) is 9.59 Å². The molecule has 1 aromatic heterocycles. The van der Waals surface area contributed by atoms with E-state index in [0.29, 0.717) is 22.9 Å². The van der Waals surface area contributed by atoms with Gasteiger partial charge in [-0.3, -0.25) is 4.79 Å². The molecular weight excluding hydrogens is 318 g/mol. The highest BCUT2D eigenvalue weighted by Crippen LogP contribution is 2.29. The lowest BCUT2D eigenvalue weighted by Crippen LogP contribution is -2.36. The average molecular weight is 336 g/mol. The fourth-order valence-electron chi connectivity index (χ4n) is 1.92.